The molecule has 0 atom stereocenters. The molecular formula is C11H9BrINOS. The molecule has 1 aromatic rings. The third-order valence-electron chi connectivity index (χ3n) is 2.29. The second-order valence-electron chi connectivity index (χ2n) is 3.45. The highest BCUT2D eigenvalue weighted by Gasteiger charge is 2.25. The van der Waals surface area contributed by atoms with E-state index in [1.165, 1.54) is 4.90 Å². The summed E-state index contributed by atoms with van der Waals surface area (Å²) in [4.78, 5) is 14.6. The van der Waals surface area contributed by atoms with E-state index in [2.05, 4.69) is 55.6 Å². The molecule has 0 radical (unpaired) electrons. The number of halogens is 2. The number of allylic oxidation sites excluding steroid dienone is 1. The Hall–Kier alpha value is -0.0100. The van der Waals surface area contributed by atoms with Crippen molar-refractivity contribution in [2.45, 2.75) is 11.8 Å². The lowest BCUT2D eigenvalue weighted by atomic mass is 10.3. The lowest BCUT2D eigenvalue weighted by Crippen LogP contribution is -2.12. The average Bonchev–Trinajstić information content (AvgIpc) is 2.55. The van der Waals surface area contributed by atoms with Gasteiger partial charge in [0.2, 0.25) is 0 Å². The van der Waals surface area contributed by atoms with Crippen molar-refractivity contribution in [2.24, 2.45) is 0 Å². The first-order chi connectivity index (χ1) is 7.50. The second kappa shape index (κ2) is 4.70. The summed E-state index contributed by atoms with van der Waals surface area (Å²) in [6.45, 7) is 1.60. The van der Waals surface area contributed by atoms with Gasteiger partial charge in [-0.1, -0.05) is 27.7 Å². The molecule has 0 aromatic heterocycles. The fraction of sp³-hybridized carbons (Fsp3) is 0.182. The van der Waals surface area contributed by atoms with Crippen molar-refractivity contribution in [3.8, 4) is 0 Å². The molecule has 1 aliphatic rings. The quantitative estimate of drug-likeness (QED) is 0.512. The summed E-state index contributed by atoms with van der Waals surface area (Å²) >= 11 is 7.21. The van der Waals surface area contributed by atoms with E-state index < -0.39 is 0 Å². The predicted octanol–water partition coefficient (Wildman–Crippen LogP) is 4.18. The van der Waals surface area contributed by atoms with Crippen LogP contribution in [0.5, 0.6) is 0 Å². The van der Waals surface area contributed by atoms with E-state index in [1.807, 2.05) is 13.1 Å². The van der Waals surface area contributed by atoms with Crippen molar-refractivity contribution in [1.29, 1.82) is 0 Å². The topological polar surface area (TPSA) is 20.3 Å². The normalized spacial score (nSPS) is 17.4. The van der Waals surface area contributed by atoms with Gasteiger partial charge in [-0.25, -0.2) is 0 Å². The van der Waals surface area contributed by atoms with E-state index in [9.17, 15) is 4.79 Å². The molecule has 0 amide bonds. The molecule has 1 aromatic carbocycles. The monoisotopic (exact) mass is 409 g/mol. The first-order valence-corrected chi connectivity index (χ1v) is 7.31. The van der Waals surface area contributed by atoms with E-state index in [1.54, 1.807) is 18.7 Å². The van der Waals surface area contributed by atoms with Crippen LogP contribution in [-0.2, 0) is 4.79 Å². The van der Waals surface area contributed by atoms with Gasteiger partial charge in [0.25, 0.3) is 0 Å². The van der Waals surface area contributed by atoms with Crippen molar-refractivity contribution in [3.05, 3.63) is 31.3 Å². The minimum Gasteiger partial charge on any atom is -0.337 e. The number of Topliss-reactive ketones (excluding diaryl/α,β-unsaturated/α-hetero) is 1. The highest BCUT2D eigenvalue weighted by molar-refractivity contribution is 14.1. The lowest BCUT2D eigenvalue weighted by Gasteiger charge is -2.14. The molecule has 1 heterocycles. The van der Waals surface area contributed by atoms with Gasteiger partial charge in [0, 0.05) is 16.4 Å². The maximum absolute atomic E-state index is 11.4. The standard InChI is InChI=1S/C11H9BrINOS/c1-6(15)10(13)11-14(2)8-5-7(12)3-4-9(8)16-11/h3-5H,1-2H3. The number of rotatable bonds is 1. The highest BCUT2D eigenvalue weighted by Crippen LogP contribution is 2.48. The Labute approximate surface area is 121 Å². The molecule has 1 aliphatic heterocycles. The second-order valence-corrected chi connectivity index (χ2v) is 6.47. The molecule has 0 spiro atoms. The Morgan fingerprint density at radius 1 is 1.50 bits per heavy atom. The molecule has 0 saturated carbocycles. The summed E-state index contributed by atoms with van der Waals surface area (Å²) in [5.74, 6) is 0.113. The average molecular weight is 410 g/mol. The lowest BCUT2D eigenvalue weighted by molar-refractivity contribution is -0.112. The van der Waals surface area contributed by atoms with Crippen LogP contribution in [0.4, 0.5) is 5.69 Å². The van der Waals surface area contributed by atoms with E-state index in [-0.39, 0.29) is 5.78 Å². The van der Waals surface area contributed by atoms with Crippen molar-refractivity contribution in [3.63, 3.8) is 0 Å². The Balaban J connectivity index is 2.49. The Morgan fingerprint density at radius 3 is 2.81 bits per heavy atom. The minimum atomic E-state index is 0.113. The molecule has 0 fully saturated rings. The van der Waals surface area contributed by atoms with Crippen LogP contribution >= 0.6 is 50.3 Å². The van der Waals surface area contributed by atoms with Crippen LogP contribution in [0.25, 0.3) is 0 Å². The minimum absolute atomic E-state index is 0.113. The Morgan fingerprint density at radius 2 is 2.19 bits per heavy atom. The maximum atomic E-state index is 11.4. The van der Waals surface area contributed by atoms with Crippen LogP contribution in [0.1, 0.15) is 6.92 Å². The maximum Gasteiger partial charge on any atom is 0.168 e. The SMILES string of the molecule is CC(=O)C(I)=C1Sc2ccc(Br)cc2N1C. The van der Waals surface area contributed by atoms with Crippen LogP contribution in [0.2, 0.25) is 0 Å². The number of hydrogen-bond acceptors (Lipinski definition) is 3. The van der Waals surface area contributed by atoms with Gasteiger partial charge in [-0.3, -0.25) is 4.79 Å². The summed E-state index contributed by atoms with van der Waals surface area (Å²) < 4.78 is 1.84. The van der Waals surface area contributed by atoms with E-state index in [4.69, 9.17) is 0 Å². The largest absolute Gasteiger partial charge is 0.337 e. The van der Waals surface area contributed by atoms with Crippen LogP contribution < -0.4 is 4.90 Å². The van der Waals surface area contributed by atoms with Crippen LogP contribution in [0.15, 0.2) is 36.2 Å². The number of ketones is 1. The molecule has 0 bridgehead atoms. The summed E-state index contributed by atoms with van der Waals surface area (Å²) in [6, 6.07) is 6.15. The summed E-state index contributed by atoms with van der Waals surface area (Å²) in [6.07, 6.45) is 0. The zero-order valence-corrected chi connectivity index (χ0v) is 13.3. The van der Waals surface area contributed by atoms with Gasteiger partial charge in [0.1, 0.15) is 0 Å². The molecule has 84 valence electrons. The molecule has 16 heavy (non-hydrogen) atoms. The smallest absolute Gasteiger partial charge is 0.168 e. The number of anilines is 1. The molecule has 0 aliphatic carbocycles. The third kappa shape index (κ3) is 2.17. The number of carbonyl (C=O) groups excluding carboxylic acids is 1. The fourth-order valence-corrected chi connectivity index (χ4v) is 3.62. The fourth-order valence-electron chi connectivity index (χ4n) is 1.46. The number of benzene rings is 1. The van der Waals surface area contributed by atoms with Crippen LogP contribution in [0, 0.1) is 0 Å². The first-order valence-electron chi connectivity index (χ1n) is 4.62. The summed E-state index contributed by atoms with van der Waals surface area (Å²) in [7, 11) is 1.99. The third-order valence-corrected chi connectivity index (χ3v) is 5.66. The van der Waals surface area contributed by atoms with E-state index >= 15 is 0 Å². The summed E-state index contributed by atoms with van der Waals surface area (Å²) in [5, 5.41) is 1.02. The molecule has 2 rings (SSSR count). The van der Waals surface area contributed by atoms with Gasteiger partial charge < -0.3 is 4.90 Å². The number of nitrogens with zero attached hydrogens (tertiary/aromatic N) is 1. The zero-order chi connectivity index (χ0) is 11.9. The van der Waals surface area contributed by atoms with Gasteiger partial charge in [-0.2, -0.15) is 0 Å². The Bertz CT molecular complexity index is 501. The van der Waals surface area contributed by atoms with Gasteiger partial charge in [-0.05, 0) is 47.7 Å². The molecule has 2 nitrogen and oxygen atoms in total. The van der Waals surface area contributed by atoms with Crippen molar-refractivity contribution in [1.82, 2.24) is 0 Å². The highest BCUT2D eigenvalue weighted by atomic mass is 127. The van der Waals surface area contributed by atoms with Gasteiger partial charge in [0.05, 0.1) is 14.3 Å². The molecule has 5 heteroatoms. The zero-order valence-electron chi connectivity index (χ0n) is 8.75. The summed E-state index contributed by atoms with van der Waals surface area (Å²) in [5.41, 5.74) is 1.14. The molecular weight excluding hydrogens is 401 g/mol. The van der Waals surface area contributed by atoms with E-state index in [0.29, 0.717) is 0 Å². The molecule has 0 saturated heterocycles. The van der Waals surface area contributed by atoms with Gasteiger partial charge in [0.15, 0.2) is 5.78 Å². The van der Waals surface area contributed by atoms with Gasteiger partial charge in [-0.15, -0.1) is 0 Å². The van der Waals surface area contributed by atoms with Crippen molar-refractivity contribution < 1.29 is 4.79 Å². The number of fused-ring (bicyclic) bond motifs is 1. The van der Waals surface area contributed by atoms with Gasteiger partial charge >= 0.3 is 0 Å². The van der Waals surface area contributed by atoms with Crippen molar-refractivity contribution in [2.75, 3.05) is 11.9 Å². The number of thioether (sulfide) groups is 1. The van der Waals surface area contributed by atoms with E-state index in [0.717, 1.165) is 18.8 Å². The Kier molecular flexibility index (Phi) is 3.65. The molecule has 0 N–H and O–H groups in total. The van der Waals surface area contributed by atoms with Crippen LogP contribution in [-0.4, -0.2) is 12.8 Å². The number of hydrogen-bond donors (Lipinski definition) is 0. The first kappa shape index (κ1) is 12.4. The van der Waals surface area contributed by atoms with Crippen LogP contribution in [0.3, 0.4) is 0 Å². The van der Waals surface area contributed by atoms with Crippen molar-refractivity contribution >= 4 is 61.8 Å². The predicted molar refractivity (Wildman–Crippen MR) is 80.1 cm³/mol. The number of carbonyl (C=O) groups is 1. The molecule has 0 unspecified atom stereocenters.